The smallest absolute Gasteiger partial charge is 0.305 e. The first-order valence-corrected chi connectivity index (χ1v) is 5.52. The molecule has 104 valence electrons. The molecule has 4 nitrogen and oxygen atoms in total. The maximum Gasteiger partial charge on any atom is 0.305 e. The molecule has 7 heteroatoms. The van der Waals surface area contributed by atoms with Crippen LogP contribution in [0.15, 0.2) is 12.1 Å². The molecule has 1 amide bonds. The predicted molar refractivity (Wildman–Crippen MR) is 60.1 cm³/mol. The number of carboxylic acids is 1. The van der Waals surface area contributed by atoms with Gasteiger partial charge >= 0.3 is 5.97 Å². The summed E-state index contributed by atoms with van der Waals surface area (Å²) in [4.78, 5) is 22.2. The van der Waals surface area contributed by atoms with Crippen molar-refractivity contribution in [3.63, 3.8) is 0 Å². The largest absolute Gasteiger partial charge is 0.481 e. The minimum Gasteiger partial charge on any atom is -0.481 e. The van der Waals surface area contributed by atoms with Gasteiger partial charge in [0.15, 0.2) is 17.5 Å². The molecule has 0 fully saturated rings. The third-order valence-electron chi connectivity index (χ3n) is 2.50. The third-order valence-corrected chi connectivity index (χ3v) is 2.50. The number of carbonyl (C=O) groups is 2. The molecule has 0 aromatic heterocycles. The summed E-state index contributed by atoms with van der Waals surface area (Å²) in [5.41, 5.74) is -0.403. The number of nitrogens with one attached hydrogen (secondary N) is 1. The van der Waals surface area contributed by atoms with E-state index < -0.39 is 40.9 Å². The minimum atomic E-state index is -1.66. The Kier molecular flexibility index (Phi) is 4.91. The molecule has 0 heterocycles. The summed E-state index contributed by atoms with van der Waals surface area (Å²) < 4.78 is 38.6. The Morgan fingerprint density at radius 1 is 1.26 bits per heavy atom. The van der Waals surface area contributed by atoms with Gasteiger partial charge in [0.1, 0.15) is 0 Å². The maximum atomic E-state index is 12.9. The standard InChI is InChI=1S/C12H12F3NO3/c1-2-7(5-10(17)18)16-12(19)6-3-8(13)11(15)9(14)4-6/h3-4,7H,2,5H2,1H3,(H,16,19)(H,17,18). The number of halogens is 3. The van der Waals surface area contributed by atoms with E-state index in [0.717, 1.165) is 0 Å². The number of hydrogen-bond donors (Lipinski definition) is 2. The normalized spacial score (nSPS) is 12.0. The molecule has 0 aliphatic carbocycles. The van der Waals surface area contributed by atoms with Crippen LogP contribution in [0.3, 0.4) is 0 Å². The average molecular weight is 275 g/mol. The highest BCUT2D eigenvalue weighted by Crippen LogP contribution is 2.14. The summed E-state index contributed by atoms with van der Waals surface area (Å²) in [6.07, 6.45) is 0.0264. The predicted octanol–water partition coefficient (Wildman–Crippen LogP) is 2.09. The van der Waals surface area contributed by atoms with Crippen molar-refractivity contribution in [2.24, 2.45) is 0 Å². The van der Waals surface area contributed by atoms with Gasteiger partial charge in [-0.3, -0.25) is 9.59 Å². The van der Waals surface area contributed by atoms with Crippen LogP contribution in [0.4, 0.5) is 13.2 Å². The van der Waals surface area contributed by atoms with Crippen LogP contribution in [0.5, 0.6) is 0 Å². The van der Waals surface area contributed by atoms with Gasteiger partial charge in [-0.2, -0.15) is 0 Å². The van der Waals surface area contributed by atoms with Crippen molar-refractivity contribution in [3.05, 3.63) is 35.1 Å². The topological polar surface area (TPSA) is 66.4 Å². The summed E-state index contributed by atoms with van der Waals surface area (Å²) in [6, 6.07) is 0.448. The van der Waals surface area contributed by atoms with Crippen molar-refractivity contribution in [1.29, 1.82) is 0 Å². The Hall–Kier alpha value is -2.05. The van der Waals surface area contributed by atoms with Gasteiger partial charge in [-0.25, -0.2) is 13.2 Å². The Morgan fingerprint density at radius 2 is 1.79 bits per heavy atom. The number of benzene rings is 1. The third kappa shape index (κ3) is 3.97. The molecular formula is C12H12F3NO3. The van der Waals surface area contributed by atoms with Gasteiger partial charge in [-0.1, -0.05) is 6.92 Å². The first kappa shape index (κ1) is 15.0. The van der Waals surface area contributed by atoms with Crippen LogP contribution in [-0.4, -0.2) is 23.0 Å². The van der Waals surface area contributed by atoms with E-state index in [1.807, 2.05) is 0 Å². The average Bonchev–Trinajstić information content (AvgIpc) is 2.33. The van der Waals surface area contributed by atoms with E-state index in [-0.39, 0.29) is 6.42 Å². The van der Waals surface area contributed by atoms with Crippen LogP contribution < -0.4 is 5.32 Å². The molecule has 0 bridgehead atoms. The van der Waals surface area contributed by atoms with Gasteiger partial charge in [-0.05, 0) is 18.6 Å². The molecule has 1 atom stereocenters. The zero-order valence-corrected chi connectivity index (χ0v) is 10.0. The first-order chi connectivity index (χ1) is 8.85. The fourth-order valence-corrected chi connectivity index (χ4v) is 1.46. The zero-order chi connectivity index (χ0) is 14.6. The highest BCUT2D eigenvalue weighted by molar-refractivity contribution is 5.94. The number of hydrogen-bond acceptors (Lipinski definition) is 2. The summed E-state index contributed by atoms with van der Waals surface area (Å²) in [5.74, 6) is -6.57. The fraction of sp³-hybridized carbons (Fsp3) is 0.333. The number of carboxylic acid groups (broad SMARTS) is 1. The Bertz CT molecular complexity index is 482. The van der Waals surface area contributed by atoms with E-state index in [1.165, 1.54) is 0 Å². The number of amides is 1. The lowest BCUT2D eigenvalue weighted by molar-refractivity contribution is -0.137. The summed E-state index contributed by atoms with van der Waals surface area (Å²) in [6.45, 7) is 1.65. The summed E-state index contributed by atoms with van der Waals surface area (Å²) >= 11 is 0. The van der Waals surface area contributed by atoms with E-state index in [4.69, 9.17) is 5.11 Å². The minimum absolute atomic E-state index is 0.311. The van der Waals surface area contributed by atoms with Gasteiger partial charge in [0, 0.05) is 11.6 Å². The number of carbonyl (C=O) groups excluding carboxylic acids is 1. The molecule has 1 rings (SSSR count). The van der Waals surface area contributed by atoms with Crippen molar-refractivity contribution in [1.82, 2.24) is 5.32 Å². The SMILES string of the molecule is CCC(CC(=O)O)NC(=O)c1cc(F)c(F)c(F)c1. The van der Waals surface area contributed by atoms with Crippen molar-refractivity contribution < 1.29 is 27.9 Å². The van der Waals surface area contributed by atoms with E-state index in [9.17, 15) is 22.8 Å². The Labute approximate surface area is 107 Å². The monoisotopic (exact) mass is 275 g/mol. The van der Waals surface area contributed by atoms with Gasteiger partial charge in [0.25, 0.3) is 5.91 Å². The van der Waals surface area contributed by atoms with Gasteiger partial charge in [0.05, 0.1) is 6.42 Å². The molecule has 0 saturated carbocycles. The zero-order valence-electron chi connectivity index (χ0n) is 10.0. The lowest BCUT2D eigenvalue weighted by atomic mass is 10.1. The highest BCUT2D eigenvalue weighted by Gasteiger charge is 2.18. The molecule has 1 unspecified atom stereocenters. The lowest BCUT2D eigenvalue weighted by Crippen LogP contribution is -2.36. The summed E-state index contributed by atoms with van der Waals surface area (Å²) in [5, 5.41) is 10.9. The molecule has 0 saturated heterocycles. The van der Waals surface area contributed by atoms with E-state index in [2.05, 4.69) is 5.32 Å². The van der Waals surface area contributed by atoms with Crippen molar-refractivity contribution in [2.75, 3.05) is 0 Å². The maximum absolute atomic E-state index is 12.9. The molecule has 1 aromatic carbocycles. The quantitative estimate of drug-likeness (QED) is 0.808. The van der Waals surface area contributed by atoms with E-state index in [1.54, 1.807) is 6.92 Å². The molecular weight excluding hydrogens is 263 g/mol. The number of aliphatic carboxylic acids is 1. The van der Waals surface area contributed by atoms with Crippen LogP contribution in [-0.2, 0) is 4.79 Å². The van der Waals surface area contributed by atoms with Crippen LogP contribution in [0.1, 0.15) is 30.1 Å². The van der Waals surface area contributed by atoms with Crippen molar-refractivity contribution in [3.8, 4) is 0 Å². The fourth-order valence-electron chi connectivity index (χ4n) is 1.46. The van der Waals surface area contributed by atoms with Crippen LogP contribution in [0.2, 0.25) is 0 Å². The van der Waals surface area contributed by atoms with Crippen molar-refractivity contribution >= 4 is 11.9 Å². The van der Waals surface area contributed by atoms with Gasteiger partial charge in [-0.15, -0.1) is 0 Å². The molecule has 0 aliphatic rings. The summed E-state index contributed by atoms with van der Waals surface area (Å²) in [7, 11) is 0. The molecule has 1 aromatic rings. The first-order valence-electron chi connectivity index (χ1n) is 5.52. The van der Waals surface area contributed by atoms with Gasteiger partial charge < -0.3 is 10.4 Å². The molecule has 0 radical (unpaired) electrons. The molecule has 0 spiro atoms. The second kappa shape index (κ2) is 6.21. The second-order valence-corrected chi connectivity index (χ2v) is 3.93. The Balaban J connectivity index is 2.86. The molecule has 2 N–H and O–H groups in total. The van der Waals surface area contributed by atoms with Crippen LogP contribution >= 0.6 is 0 Å². The van der Waals surface area contributed by atoms with E-state index >= 15 is 0 Å². The number of rotatable bonds is 5. The highest BCUT2D eigenvalue weighted by atomic mass is 19.2. The lowest BCUT2D eigenvalue weighted by Gasteiger charge is -2.14. The van der Waals surface area contributed by atoms with Crippen LogP contribution in [0, 0.1) is 17.5 Å². The molecule has 19 heavy (non-hydrogen) atoms. The second-order valence-electron chi connectivity index (χ2n) is 3.93. The Morgan fingerprint density at radius 3 is 2.21 bits per heavy atom. The van der Waals surface area contributed by atoms with Crippen molar-refractivity contribution in [2.45, 2.75) is 25.8 Å². The molecule has 0 aliphatic heterocycles. The van der Waals surface area contributed by atoms with Gasteiger partial charge in [0.2, 0.25) is 0 Å². The van der Waals surface area contributed by atoms with Crippen LogP contribution in [0.25, 0.3) is 0 Å². The van der Waals surface area contributed by atoms with E-state index in [0.29, 0.717) is 18.6 Å².